The van der Waals surface area contributed by atoms with Crippen LogP contribution in [-0.4, -0.2) is 47.3 Å². The summed E-state index contributed by atoms with van der Waals surface area (Å²) >= 11 is 0. The van der Waals surface area contributed by atoms with Crippen LogP contribution in [0, 0.1) is 5.41 Å². The van der Waals surface area contributed by atoms with E-state index in [1.165, 1.54) is 0 Å². The fraction of sp³-hybridized carbons (Fsp3) is 0.389. The number of hydrogen-bond acceptors (Lipinski definition) is 3. The lowest BCUT2D eigenvalue weighted by atomic mass is 9.77. The van der Waals surface area contributed by atoms with Gasteiger partial charge in [-0.1, -0.05) is 24.3 Å². The molecule has 1 aromatic heterocycles. The van der Waals surface area contributed by atoms with Crippen LogP contribution in [0.15, 0.2) is 36.4 Å². The molecule has 0 saturated carbocycles. The van der Waals surface area contributed by atoms with E-state index in [2.05, 4.69) is 10.3 Å². The van der Waals surface area contributed by atoms with Gasteiger partial charge in [-0.05, 0) is 18.6 Å². The number of aromatic nitrogens is 1. The van der Waals surface area contributed by atoms with Crippen molar-refractivity contribution in [2.24, 2.45) is 5.41 Å². The van der Waals surface area contributed by atoms with Crippen LogP contribution in [0.2, 0.25) is 0 Å². The summed E-state index contributed by atoms with van der Waals surface area (Å²) in [5, 5.41) is 3.49. The quantitative estimate of drug-likeness (QED) is 0.862. The SMILES string of the molecule is O=C(c1ccc2ccccc2n1)N1CC(F)(F)CC2(CCNC2=O)C1. The van der Waals surface area contributed by atoms with Gasteiger partial charge in [0, 0.05) is 24.9 Å². The van der Waals surface area contributed by atoms with Gasteiger partial charge in [0.05, 0.1) is 17.5 Å². The average molecular weight is 345 g/mol. The van der Waals surface area contributed by atoms with E-state index in [-0.39, 0.29) is 12.2 Å². The summed E-state index contributed by atoms with van der Waals surface area (Å²) in [6.45, 7) is -0.317. The molecular weight excluding hydrogens is 328 g/mol. The second-order valence-electron chi connectivity index (χ2n) is 6.87. The van der Waals surface area contributed by atoms with Gasteiger partial charge in [-0.2, -0.15) is 0 Å². The third-order valence-electron chi connectivity index (χ3n) is 4.99. The number of carbonyl (C=O) groups excluding carboxylic acids is 2. The Kier molecular flexibility index (Phi) is 3.49. The van der Waals surface area contributed by atoms with Crippen molar-refractivity contribution in [3.63, 3.8) is 0 Å². The van der Waals surface area contributed by atoms with Gasteiger partial charge in [-0.15, -0.1) is 0 Å². The summed E-state index contributed by atoms with van der Waals surface area (Å²) in [6.07, 6.45) is -0.197. The number of para-hydroxylation sites is 1. The lowest BCUT2D eigenvalue weighted by Gasteiger charge is -2.42. The first-order valence-corrected chi connectivity index (χ1v) is 8.20. The van der Waals surface area contributed by atoms with Gasteiger partial charge >= 0.3 is 0 Å². The molecule has 2 aromatic rings. The molecule has 130 valence electrons. The van der Waals surface area contributed by atoms with Gasteiger partial charge in [0.25, 0.3) is 11.8 Å². The Morgan fingerprint density at radius 1 is 1.16 bits per heavy atom. The zero-order chi connectivity index (χ0) is 17.7. The monoisotopic (exact) mass is 345 g/mol. The van der Waals surface area contributed by atoms with Crippen LogP contribution >= 0.6 is 0 Å². The number of piperidine rings is 1. The second kappa shape index (κ2) is 5.47. The summed E-state index contributed by atoms with van der Waals surface area (Å²) in [5.41, 5.74) is -0.454. The van der Waals surface area contributed by atoms with Crippen LogP contribution in [0.3, 0.4) is 0 Å². The molecule has 25 heavy (non-hydrogen) atoms. The van der Waals surface area contributed by atoms with Crippen LogP contribution in [0.5, 0.6) is 0 Å². The molecule has 5 nitrogen and oxygen atoms in total. The number of pyridine rings is 1. The van der Waals surface area contributed by atoms with E-state index in [4.69, 9.17) is 0 Å². The zero-order valence-electron chi connectivity index (χ0n) is 13.5. The van der Waals surface area contributed by atoms with Gasteiger partial charge in [-0.3, -0.25) is 9.59 Å². The summed E-state index contributed by atoms with van der Waals surface area (Å²) in [5.74, 6) is -4.05. The van der Waals surface area contributed by atoms with Crippen molar-refractivity contribution >= 4 is 22.7 Å². The van der Waals surface area contributed by atoms with Gasteiger partial charge < -0.3 is 10.2 Å². The third-order valence-corrected chi connectivity index (χ3v) is 4.99. The molecular formula is C18H17F2N3O2. The van der Waals surface area contributed by atoms with E-state index < -0.39 is 36.1 Å². The zero-order valence-corrected chi connectivity index (χ0v) is 13.5. The van der Waals surface area contributed by atoms with Gasteiger partial charge in [0.15, 0.2) is 0 Å². The van der Waals surface area contributed by atoms with Crippen LogP contribution in [0.1, 0.15) is 23.3 Å². The van der Waals surface area contributed by atoms with Crippen molar-refractivity contribution in [3.8, 4) is 0 Å². The summed E-state index contributed by atoms with van der Waals surface area (Å²) in [6, 6.07) is 10.6. The molecule has 2 saturated heterocycles. The Hall–Kier alpha value is -2.57. The van der Waals surface area contributed by atoms with Crippen molar-refractivity contribution in [1.29, 1.82) is 0 Å². The first kappa shape index (κ1) is 15.9. The number of alkyl halides is 2. The van der Waals surface area contributed by atoms with E-state index in [1.54, 1.807) is 24.3 Å². The third kappa shape index (κ3) is 2.73. The maximum absolute atomic E-state index is 14.3. The molecule has 1 aromatic carbocycles. The molecule has 0 radical (unpaired) electrons. The lowest BCUT2D eigenvalue weighted by Crippen LogP contribution is -2.57. The molecule has 2 aliphatic rings. The highest BCUT2D eigenvalue weighted by atomic mass is 19.3. The van der Waals surface area contributed by atoms with E-state index >= 15 is 0 Å². The highest BCUT2D eigenvalue weighted by molar-refractivity contribution is 5.96. The highest BCUT2D eigenvalue weighted by Crippen LogP contribution is 2.43. The average Bonchev–Trinajstić information content (AvgIpc) is 2.91. The maximum Gasteiger partial charge on any atom is 0.272 e. The second-order valence-corrected chi connectivity index (χ2v) is 6.87. The molecule has 1 atom stereocenters. The molecule has 7 heteroatoms. The Bertz CT molecular complexity index is 870. The predicted octanol–water partition coefficient (Wildman–Crippen LogP) is 2.22. The number of fused-ring (bicyclic) bond motifs is 1. The van der Waals surface area contributed by atoms with E-state index in [0.29, 0.717) is 18.5 Å². The maximum atomic E-state index is 14.3. The molecule has 3 heterocycles. The van der Waals surface area contributed by atoms with Crippen molar-refractivity contribution < 1.29 is 18.4 Å². The minimum atomic E-state index is -3.09. The van der Waals surface area contributed by atoms with Crippen LogP contribution in [0.4, 0.5) is 8.78 Å². The van der Waals surface area contributed by atoms with Crippen molar-refractivity contribution in [2.75, 3.05) is 19.6 Å². The Balaban J connectivity index is 1.67. The molecule has 2 amide bonds. The minimum Gasteiger partial charge on any atom is -0.356 e. The molecule has 2 aliphatic heterocycles. The number of amides is 2. The summed E-state index contributed by atoms with van der Waals surface area (Å²) in [7, 11) is 0. The smallest absolute Gasteiger partial charge is 0.272 e. The molecule has 0 bridgehead atoms. The van der Waals surface area contributed by atoms with E-state index in [9.17, 15) is 18.4 Å². The van der Waals surface area contributed by atoms with Gasteiger partial charge in [0.2, 0.25) is 5.91 Å². The molecule has 1 spiro atoms. The molecule has 0 aliphatic carbocycles. The Labute approximate surface area is 143 Å². The van der Waals surface area contributed by atoms with Crippen LogP contribution in [0.25, 0.3) is 10.9 Å². The lowest BCUT2D eigenvalue weighted by molar-refractivity contribution is -0.144. The number of benzene rings is 1. The van der Waals surface area contributed by atoms with Crippen molar-refractivity contribution in [2.45, 2.75) is 18.8 Å². The fourth-order valence-electron chi connectivity index (χ4n) is 3.83. The summed E-state index contributed by atoms with van der Waals surface area (Å²) in [4.78, 5) is 30.3. The van der Waals surface area contributed by atoms with E-state index in [1.807, 2.05) is 12.1 Å². The van der Waals surface area contributed by atoms with Gasteiger partial charge in [0.1, 0.15) is 5.69 Å². The number of nitrogens with zero attached hydrogens (tertiary/aromatic N) is 2. The number of likely N-dealkylation sites (tertiary alicyclic amines) is 1. The molecule has 1 unspecified atom stereocenters. The Morgan fingerprint density at radius 3 is 2.72 bits per heavy atom. The topological polar surface area (TPSA) is 62.3 Å². The first-order chi connectivity index (χ1) is 11.9. The Morgan fingerprint density at radius 2 is 1.96 bits per heavy atom. The molecule has 2 fully saturated rings. The number of carbonyl (C=O) groups is 2. The predicted molar refractivity (Wildman–Crippen MR) is 87.3 cm³/mol. The van der Waals surface area contributed by atoms with Crippen molar-refractivity contribution in [1.82, 2.24) is 15.2 Å². The minimum absolute atomic E-state index is 0.00175. The van der Waals surface area contributed by atoms with Crippen molar-refractivity contribution in [3.05, 3.63) is 42.1 Å². The number of rotatable bonds is 1. The fourth-order valence-corrected chi connectivity index (χ4v) is 3.83. The largest absolute Gasteiger partial charge is 0.356 e. The molecule has 1 N–H and O–H groups in total. The van der Waals surface area contributed by atoms with Crippen LogP contribution < -0.4 is 5.32 Å². The molecule has 4 rings (SSSR count). The normalized spacial score (nSPS) is 25.4. The first-order valence-electron chi connectivity index (χ1n) is 8.20. The van der Waals surface area contributed by atoms with Crippen LogP contribution in [-0.2, 0) is 4.79 Å². The highest BCUT2D eigenvalue weighted by Gasteiger charge is 2.55. The number of hydrogen-bond donors (Lipinski definition) is 1. The number of halogens is 2. The van der Waals surface area contributed by atoms with Gasteiger partial charge in [-0.25, -0.2) is 13.8 Å². The standard InChI is InChI=1S/C18H17F2N3O2/c19-18(20)9-17(7-8-21-16(17)25)10-23(11-18)15(24)14-6-5-12-3-1-2-4-13(12)22-14/h1-6H,7-11H2,(H,21,25). The van der Waals surface area contributed by atoms with E-state index in [0.717, 1.165) is 10.3 Å². The number of nitrogens with one attached hydrogen (secondary N) is 1. The summed E-state index contributed by atoms with van der Waals surface area (Å²) < 4.78 is 28.5.